The second-order valence-electron chi connectivity index (χ2n) is 6.50. The molecule has 0 radical (unpaired) electrons. The summed E-state index contributed by atoms with van der Waals surface area (Å²) < 4.78 is 5.51. The minimum absolute atomic E-state index is 0.0342. The fourth-order valence-corrected chi connectivity index (χ4v) is 3.23. The van der Waals surface area contributed by atoms with E-state index in [0.29, 0.717) is 17.9 Å². The van der Waals surface area contributed by atoms with Crippen molar-refractivity contribution in [2.45, 2.75) is 51.9 Å². The Hall–Kier alpha value is -1.55. The van der Waals surface area contributed by atoms with Crippen LogP contribution in [0, 0.1) is 0 Å². The van der Waals surface area contributed by atoms with Crippen LogP contribution >= 0.6 is 0 Å². The van der Waals surface area contributed by atoms with Crippen LogP contribution in [-0.2, 0) is 0 Å². The topological polar surface area (TPSA) is 41.6 Å². The van der Waals surface area contributed by atoms with E-state index in [0.717, 1.165) is 13.0 Å². The molecule has 4 nitrogen and oxygen atoms in total. The Bertz CT molecular complexity index is 484. The predicted molar refractivity (Wildman–Crippen MR) is 98.7 cm³/mol. The van der Waals surface area contributed by atoms with Crippen molar-refractivity contribution in [1.82, 2.24) is 10.2 Å². The summed E-state index contributed by atoms with van der Waals surface area (Å²) in [6, 6.07) is 7.43. The number of para-hydroxylation sites is 1. The summed E-state index contributed by atoms with van der Waals surface area (Å²) in [4.78, 5) is 14.8. The van der Waals surface area contributed by atoms with Crippen molar-refractivity contribution in [3.05, 3.63) is 29.8 Å². The Morgan fingerprint density at radius 1 is 1.08 bits per heavy atom. The Morgan fingerprint density at radius 3 is 2.58 bits per heavy atom. The van der Waals surface area contributed by atoms with E-state index in [2.05, 4.69) is 10.2 Å². The van der Waals surface area contributed by atoms with Gasteiger partial charge in [-0.3, -0.25) is 4.79 Å². The molecule has 1 aliphatic rings. The van der Waals surface area contributed by atoms with Crippen molar-refractivity contribution in [1.29, 1.82) is 0 Å². The molecule has 24 heavy (non-hydrogen) atoms. The molecule has 1 amide bonds. The first-order valence-electron chi connectivity index (χ1n) is 9.53. The maximum atomic E-state index is 12.2. The Morgan fingerprint density at radius 2 is 1.79 bits per heavy atom. The molecule has 0 aromatic heterocycles. The number of ether oxygens (including phenoxy) is 1. The van der Waals surface area contributed by atoms with Crippen molar-refractivity contribution < 1.29 is 9.53 Å². The van der Waals surface area contributed by atoms with Crippen LogP contribution in [0.4, 0.5) is 0 Å². The van der Waals surface area contributed by atoms with E-state index in [1.165, 1.54) is 58.2 Å². The summed E-state index contributed by atoms with van der Waals surface area (Å²) in [6.45, 7) is 7.11. The van der Waals surface area contributed by atoms with Crippen LogP contribution in [0.2, 0.25) is 0 Å². The molecule has 2 rings (SSSR count). The van der Waals surface area contributed by atoms with Gasteiger partial charge < -0.3 is 15.0 Å². The molecule has 1 aromatic carbocycles. The quantitative estimate of drug-likeness (QED) is 0.626. The van der Waals surface area contributed by atoms with Crippen LogP contribution in [-0.4, -0.2) is 43.6 Å². The highest BCUT2D eigenvalue weighted by molar-refractivity contribution is 5.96. The molecule has 0 spiro atoms. The predicted octanol–water partition coefficient (Wildman–Crippen LogP) is 3.86. The van der Waals surface area contributed by atoms with E-state index in [-0.39, 0.29) is 5.91 Å². The normalized spacial score (nSPS) is 14.7. The number of carbonyl (C=O) groups excluding carboxylic acids is 1. The molecule has 0 saturated carbocycles. The summed E-state index contributed by atoms with van der Waals surface area (Å²) in [5.74, 6) is 0.632. The van der Waals surface area contributed by atoms with Gasteiger partial charge in [-0.1, -0.05) is 31.4 Å². The molecule has 134 valence electrons. The van der Waals surface area contributed by atoms with Gasteiger partial charge in [0.25, 0.3) is 5.91 Å². The van der Waals surface area contributed by atoms with Crippen molar-refractivity contribution >= 4 is 5.91 Å². The summed E-state index contributed by atoms with van der Waals surface area (Å²) in [7, 11) is 0. The SMILES string of the molecule is CCOc1ccccc1C(=O)NCCCCCCCN1CCCC1. The van der Waals surface area contributed by atoms with Crippen molar-refractivity contribution in [3.8, 4) is 5.75 Å². The van der Waals surface area contributed by atoms with Gasteiger partial charge in [0.2, 0.25) is 0 Å². The van der Waals surface area contributed by atoms with Crippen molar-refractivity contribution in [2.75, 3.05) is 32.8 Å². The largest absolute Gasteiger partial charge is 0.493 e. The molecule has 0 atom stereocenters. The summed E-state index contributed by atoms with van der Waals surface area (Å²) in [6.07, 6.45) is 8.88. The van der Waals surface area contributed by atoms with Gasteiger partial charge in [-0.05, 0) is 64.4 Å². The lowest BCUT2D eigenvalue weighted by Crippen LogP contribution is -2.25. The second-order valence-corrected chi connectivity index (χ2v) is 6.50. The molecule has 1 heterocycles. The number of nitrogens with one attached hydrogen (secondary N) is 1. The van der Waals surface area contributed by atoms with E-state index in [9.17, 15) is 4.79 Å². The number of benzene rings is 1. The van der Waals surface area contributed by atoms with Crippen molar-refractivity contribution in [2.24, 2.45) is 0 Å². The first kappa shape index (κ1) is 18.8. The summed E-state index contributed by atoms with van der Waals surface area (Å²) in [5.41, 5.74) is 0.630. The molecule has 0 bridgehead atoms. The number of rotatable bonds is 11. The van der Waals surface area contributed by atoms with Gasteiger partial charge in [0.15, 0.2) is 0 Å². The summed E-state index contributed by atoms with van der Waals surface area (Å²) >= 11 is 0. The molecular weight excluding hydrogens is 300 g/mol. The summed E-state index contributed by atoms with van der Waals surface area (Å²) in [5, 5.41) is 3.01. The third kappa shape index (κ3) is 6.52. The lowest BCUT2D eigenvalue weighted by molar-refractivity contribution is 0.0949. The number of unbranched alkanes of at least 4 members (excludes halogenated alkanes) is 4. The van der Waals surface area contributed by atoms with Crippen LogP contribution in [0.5, 0.6) is 5.75 Å². The van der Waals surface area contributed by atoms with Crippen molar-refractivity contribution in [3.63, 3.8) is 0 Å². The Balaban J connectivity index is 1.53. The monoisotopic (exact) mass is 332 g/mol. The van der Waals surface area contributed by atoms with Gasteiger partial charge in [0.1, 0.15) is 5.75 Å². The van der Waals surface area contributed by atoms with E-state index in [1.54, 1.807) is 0 Å². The zero-order valence-corrected chi connectivity index (χ0v) is 15.1. The molecule has 1 aromatic rings. The maximum absolute atomic E-state index is 12.2. The van der Waals surface area contributed by atoms with E-state index < -0.39 is 0 Å². The molecule has 0 unspecified atom stereocenters. The van der Waals surface area contributed by atoms with E-state index in [4.69, 9.17) is 4.74 Å². The van der Waals surface area contributed by atoms with Gasteiger partial charge >= 0.3 is 0 Å². The van der Waals surface area contributed by atoms with Gasteiger partial charge in [-0.15, -0.1) is 0 Å². The Kier molecular flexibility index (Phi) is 8.67. The molecule has 1 saturated heterocycles. The van der Waals surface area contributed by atoms with E-state index in [1.807, 2.05) is 31.2 Å². The van der Waals surface area contributed by atoms with Crippen LogP contribution in [0.25, 0.3) is 0 Å². The average Bonchev–Trinajstić information content (AvgIpc) is 3.11. The zero-order valence-electron chi connectivity index (χ0n) is 15.1. The first-order valence-corrected chi connectivity index (χ1v) is 9.53. The number of hydrogen-bond acceptors (Lipinski definition) is 3. The molecule has 4 heteroatoms. The van der Waals surface area contributed by atoms with Crippen LogP contribution < -0.4 is 10.1 Å². The molecular formula is C20H32N2O2. The number of hydrogen-bond donors (Lipinski definition) is 1. The minimum atomic E-state index is -0.0342. The highest BCUT2D eigenvalue weighted by Crippen LogP contribution is 2.17. The van der Waals surface area contributed by atoms with Gasteiger partial charge in [0, 0.05) is 6.54 Å². The number of nitrogens with zero attached hydrogens (tertiary/aromatic N) is 1. The number of likely N-dealkylation sites (tertiary alicyclic amines) is 1. The molecule has 1 N–H and O–H groups in total. The van der Waals surface area contributed by atoms with Gasteiger partial charge in [-0.25, -0.2) is 0 Å². The standard InChI is InChI=1S/C20H32N2O2/c1-2-24-19-13-7-6-12-18(19)20(23)21-14-8-4-3-5-9-15-22-16-10-11-17-22/h6-7,12-13H,2-5,8-11,14-17H2,1H3,(H,21,23). The Labute approximate surface area is 146 Å². The molecule has 0 aliphatic carbocycles. The van der Waals surface area contributed by atoms with Gasteiger partial charge in [0.05, 0.1) is 12.2 Å². The molecule has 1 aliphatic heterocycles. The fraction of sp³-hybridized carbons (Fsp3) is 0.650. The molecule has 1 fully saturated rings. The minimum Gasteiger partial charge on any atom is -0.493 e. The van der Waals surface area contributed by atoms with Crippen LogP contribution in [0.1, 0.15) is 62.2 Å². The maximum Gasteiger partial charge on any atom is 0.255 e. The van der Waals surface area contributed by atoms with Crippen LogP contribution in [0.3, 0.4) is 0 Å². The number of carbonyl (C=O) groups is 1. The number of amides is 1. The highest BCUT2D eigenvalue weighted by Gasteiger charge is 2.11. The smallest absolute Gasteiger partial charge is 0.255 e. The first-order chi connectivity index (χ1) is 11.8. The van der Waals surface area contributed by atoms with Crippen LogP contribution in [0.15, 0.2) is 24.3 Å². The lowest BCUT2D eigenvalue weighted by Gasteiger charge is -2.13. The third-order valence-corrected chi connectivity index (χ3v) is 4.57. The highest BCUT2D eigenvalue weighted by atomic mass is 16.5. The van der Waals surface area contributed by atoms with E-state index >= 15 is 0 Å². The lowest BCUT2D eigenvalue weighted by atomic mass is 10.1. The fourth-order valence-electron chi connectivity index (χ4n) is 3.23. The van der Waals surface area contributed by atoms with Gasteiger partial charge in [-0.2, -0.15) is 0 Å². The average molecular weight is 332 g/mol. The zero-order chi connectivity index (χ0) is 17.0. The third-order valence-electron chi connectivity index (χ3n) is 4.57. The second kappa shape index (κ2) is 11.1.